The van der Waals surface area contributed by atoms with Crippen LogP contribution in [0.1, 0.15) is 52.9 Å². The quantitative estimate of drug-likeness (QED) is 0.572. The molecule has 100 valence electrons. The molecule has 3 heteroatoms. The van der Waals surface area contributed by atoms with Crippen molar-refractivity contribution in [2.45, 2.75) is 52.9 Å². The normalized spacial score (nSPS) is 25.7. The van der Waals surface area contributed by atoms with Crippen LogP contribution in [0.3, 0.4) is 0 Å². The van der Waals surface area contributed by atoms with Crippen molar-refractivity contribution < 1.29 is 0 Å². The van der Waals surface area contributed by atoms with Gasteiger partial charge >= 0.3 is 0 Å². The Balaban J connectivity index is 2.40. The van der Waals surface area contributed by atoms with Gasteiger partial charge in [-0.25, -0.2) is 0 Å². The number of rotatable bonds is 5. The minimum Gasteiger partial charge on any atom is -0.357 e. The van der Waals surface area contributed by atoms with Gasteiger partial charge in [-0.05, 0) is 31.6 Å². The van der Waals surface area contributed by atoms with E-state index in [4.69, 9.17) is 4.99 Å². The van der Waals surface area contributed by atoms with Crippen LogP contribution >= 0.6 is 0 Å². The topological polar surface area (TPSA) is 36.4 Å². The maximum atomic E-state index is 4.72. The molecule has 1 fully saturated rings. The van der Waals surface area contributed by atoms with Gasteiger partial charge in [0, 0.05) is 19.6 Å². The minimum atomic E-state index is 0.792. The van der Waals surface area contributed by atoms with Crippen molar-refractivity contribution in [3.8, 4) is 0 Å². The Morgan fingerprint density at radius 3 is 2.59 bits per heavy atom. The summed E-state index contributed by atoms with van der Waals surface area (Å²) in [6.07, 6.45) is 6.69. The van der Waals surface area contributed by atoms with Gasteiger partial charge in [0.15, 0.2) is 5.96 Å². The lowest BCUT2D eigenvalue weighted by Gasteiger charge is -2.27. The van der Waals surface area contributed by atoms with Crippen molar-refractivity contribution in [1.82, 2.24) is 10.6 Å². The molecule has 1 saturated carbocycles. The molecule has 0 saturated heterocycles. The van der Waals surface area contributed by atoms with Gasteiger partial charge in [-0.2, -0.15) is 0 Å². The predicted molar refractivity (Wildman–Crippen MR) is 75.4 cm³/mol. The summed E-state index contributed by atoms with van der Waals surface area (Å²) in [6.45, 7) is 9.61. The number of hydrogen-bond donors (Lipinski definition) is 2. The van der Waals surface area contributed by atoms with E-state index in [1.807, 2.05) is 0 Å². The fourth-order valence-corrected chi connectivity index (χ4v) is 2.46. The van der Waals surface area contributed by atoms with E-state index in [9.17, 15) is 0 Å². The van der Waals surface area contributed by atoms with E-state index in [0.717, 1.165) is 43.9 Å². The van der Waals surface area contributed by atoms with E-state index in [1.54, 1.807) is 0 Å². The van der Waals surface area contributed by atoms with Crippen molar-refractivity contribution in [3.05, 3.63) is 0 Å². The number of hydrogen-bond acceptors (Lipinski definition) is 1. The lowest BCUT2D eigenvalue weighted by atomic mass is 9.80. The van der Waals surface area contributed by atoms with Gasteiger partial charge in [-0.3, -0.25) is 4.99 Å². The lowest BCUT2D eigenvalue weighted by molar-refractivity contribution is 0.263. The number of nitrogens with one attached hydrogen (secondary N) is 2. The largest absolute Gasteiger partial charge is 0.357 e. The van der Waals surface area contributed by atoms with Crippen LogP contribution in [0.4, 0.5) is 0 Å². The molecule has 0 aromatic heterocycles. The Hall–Kier alpha value is -0.730. The molecule has 0 heterocycles. The summed E-state index contributed by atoms with van der Waals surface area (Å²) in [4.78, 5) is 4.72. The van der Waals surface area contributed by atoms with Crippen LogP contribution in [-0.2, 0) is 0 Å². The van der Waals surface area contributed by atoms with Crippen LogP contribution in [0.15, 0.2) is 4.99 Å². The Labute approximate surface area is 106 Å². The van der Waals surface area contributed by atoms with Crippen LogP contribution in [0, 0.1) is 11.8 Å². The fraction of sp³-hybridized carbons (Fsp3) is 0.929. The molecule has 0 amide bonds. The van der Waals surface area contributed by atoms with Gasteiger partial charge in [0.25, 0.3) is 0 Å². The monoisotopic (exact) mass is 239 g/mol. The highest BCUT2D eigenvalue weighted by Gasteiger charge is 2.20. The molecule has 2 unspecified atom stereocenters. The highest BCUT2D eigenvalue weighted by Crippen LogP contribution is 2.29. The van der Waals surface area contributed by atoms with Gasteiger partial charge in [-0.1, -0.05) is 33.1 Å². The van der Waals surface area contributed by atoms with Crippen LogP contribution in [0.25, 0.3) is 0 Å². The third-order valence-electron chi connectivity index (χ3n) is 3.66. The molecule has 0 radical (unpaired) electrons. The van der Waals surface area contributed by atoms with Gasteiger partial charge in [0.2, 0.25) is 0 Å². The first-order valence-corrected chi connectivity index (χ1v) is 7.30. The van der Waals surface area contributed by atoms with E-state index in [0.29, 0.717) is 0 Å². The molecule has 3 nitrogen and oxygen atoms in total. The molecular weight excluding hydrogens is 210 g/mol. The maximum absolute atomic E-state index is 4.72. The smallest absolute Gasteiger partial charge is 0.191 e. The first kappa shape index (κ1) is 14.3. The Morgan fingerprint density at radius 1 is 1.18 bits per heavy atom. The molecule has 0 bridgehead atoms. The van der Waals surface area contributed by atoms with E-state index in [-0.39, 0.29) is 0 Å². The summed E-state index contributed by atoms with van der Waals surface area (Å²) >= 11 is 0. The number of nitrogens with zero attached hydrogens (tertiary/aromatic N) is 1. The zero-order valence-corrected chi connectivity index (χ0v) is 11.8. The summed E-state index contributed by atoms with van der Waals surface area (Å²) in [5.41, 5.74) is 0. The first-order valence-electron chi connectivity index (χ1n) is 7.30. The zero-order chi connectivity index (χ0) is 12.5. The predicted octanol–water partition coefficient (Wildman–Crippen LogP) is 2.78. The molecule has 1 rings (SSSR count). The highest BCUT2D eigenvalue weighted by molar-refractivity contribution is 5.79. The molecule has 0 aliphatic heterocycles. The average molecular weight is 239 g/mol. The Bertz CT molecular complexity index is 226. The standard InChI is InChI=1S/C14H29N3/c1-4-10-16-14(15-5-2)17-11-13-9-7-6-8-12(13)3/h12-13H,4-11H2,1-3H3,(H2,15,16,17). The second kappa shape index (κ2) is 8.37. The lowest BCUT2D eigenvalue weighted by Crippen LogP contribution is -2.38. The Morgan fingerprint density at radius 2 is 1.94 bits per heavy atom. The van der Waals surface area contributed by atoms with E-state index in [2.05, 4.69) is 31.4 Å². The van der Waals surface area contributed by atoms with Crippen molar-refractivity contribution in [2.75, 3.05) is 19.6 Å². The number of aliphatic imine (C=N–C) groups is 1. The summed E-state index contributed by atoms with van der Waals surface area (Å²) in [5, 5.41) is 6.67. The van der Waals surface area contributed by atoms with Crippen molar-refractivity contribution in [1.29, 1.82) is 0 Å². The zero-order valence-electron chi connectivity index (χ0n) is 11.8. The summed E-state index contributed by atoms with van der Waals surface area (Å²) in [7, 11) is 0. The first-order chi connectivity index (χ1) is 8.27. The third-order valence-corrected chi connectivity index (χ3v) is 3.66. The SMILES string of the molecule is CCCNC(=NCC1CCCCC1C)NCC. The molecule has 0 aromatic rings. The summed E-state index contributed by atoms with van der Waals surface area (Å²) < 4.78 is 0. The van der Waals surface area contributed by atoms with E-state index in [1.165, 1.54) is 25.7 Å². The van der Waals surface area contributed by atoms with E-state index < -0.39 is 0 Å². The van der Waals surface area contributed by atoms with Crippen LogP contribution in [-0.4, -0.2) is 25.6 Å². The second-order valence-corrected chi connectivity index (χ2v) is 5.17. The molecule has 1 aliphatic carbocycles. The number of guanidine groups is 1. The third kappa shape index (κ3) is 5.42. The van der Waals surface area contributed by atoms with Gasteiger partial charge in [-0.15, -0.1) is 0 Å². The molecule has 2 atom stereocenters. The van der Waals surface area contributed by atoms with Crippen molar-refractivity contribution >= 4 is 5.96 Å². The molecule has 0 aromatic carbocycles. The average Bonchev–Trinajstić information content (AvgIpc) is 2.34. The molecule has 17 heavy (non-hydrogen) atoms. The van der Waals surface area contributed by atoms with Crippen molar-refractivity contribution in [2.24, 2.45) is 16.8 Å². The Kier molecular flexibility index (Phi) is 7.06. The van der Waals surface area contributed by atoms with Gasteiger partial charge in [0.1, 0.15) is 0 Å². The molecule has 1 aliphatic rings. The molecule has 2 N–H and O–H groups in total. The fourth-order valence-electron chi connectivity index (χ4n) is 2.46. The highest BCUT2D eigenvalue weighted by atomic mass is 15.2. The van der Waals surface area contributed by atoms with Gasteiger partial charge < -0.3 is 10.6 Å². The molecule has 0 spiro atoms. The second-order valence-electron chi connectivity index (χ2n) is 5.17. The van der Waals surface area contributed by atoms with E-state index >= 15 is 0 Å². The molecular formula is C14H29N3. The minimum absolute atomic E-state index is 0.792. The van der Waals surface area contributed by atoms with Crippen LogP contribution in [0.5, 0.6) is 0 Å². The van der Waals surface area contributed by atoms with Crippen molar-refractivity contribution in [3.63, 3.8) is 0 Å². The maximum Gasteiger partial charge on any atom is 0.191 e. The van der Waals surface area contributed by atoms with Crippen LogP contribution < -0.4 is 10.6 Å². The van der Waals surface area contributed by atoms with Crippen LogP contribution in [0.2, 0.25) is 0 Å². The van der Waals surface area contributed by atoms with Gasteiger partial charge in [0.05, 0.1) is 0 Å². The summed E-state index contributed by atoms with van der Waals surface area (Å²) in [5.74, 6) is 2.63. The summed E-state index contributed by atoms with van der Waals surface area (Å²) in [6, 6.07) is 0.